The van der Waals surface area contributed by atoms with Gasteiger partial charge in [-0.25, -0.2) is 0 Å². The molecule has 1 rings (SSSR count). The molecule has 0 aliphatic heterocycles. The third-order valence-electron chi connectivity index (χ3n) is 2.08. The molecule has 1 fully saturated rings. The maximum Gasteiger partial charge on any atom is 0.233 e. The highest BCUT2D eigenvalue weighted by molar-refractivity contribution is 7.99. The van der Waals surface area contributed by atoms with Gasteiger partial charge in [0.05, 0.1) is 12.3 Å². The van der Waals surface area contributed by atoms with E-state index in [-0.39, 0.29) is 5.91 Å². The third-order valence-corrected chi connectivity index (χ3v) is 2.61. The minimum Gasteiger partial charge on any atom is -0.331 e. The van der Waals surface area contributed by atoms with Crippen LogP contribution >= 0.6 is 11.8 Å². The van der Waals surface area contributed by atoms with E-state index in [1.165, 1.54) is 12.8 Å². The van der Waals surface area contributed by atoms with Crippen LogP contribution in [0.4, 0.5) is 0 Å². The second-order valence-electron chi connectivity index (χ2n) is 3.35. The Bertz CT molecular complexity index is 217. The molecule has 0 saturated heterocycles. The summed E-state index contributed by atoms with van der Waals surface area (Å²) in [7, 11) is 0. The molecule has 0 aromatic rings. The lowest BCUT2D eigenvalue weighted by Crippen LogP contribution is -2.34. The van der Waals surface area contributed by atoms with Crippen molar-refractivity contribution in [1.82, 2.24) is 4.90 Å². The van der Waals surface area contributed by atoms with E-state index in [2.05, 4.69) is 5.92 Å². The first-order chi connectivity index (χ1) is 6.27. The summed E-state index contributed by atoms with van der Waals surface area (Å²) in [5, 5.41) is 0. The highest BCUT2D eigenvalue weighted by atomic mass is 32.2. The van der Waals surface area contributed by atoms with Gasteiger partial charge < -0.3 is 4.90 Å². The van der Waals surface area contributed by atoms with E-state index in [0.717, 1.165) is 12.5 Å². The summed E-state index contributed by atoms with van der Waals surface area (Å²) >= 11 is 1.55. The van der Waals surface area contributed by atoms with Crippen LogP contribution in [-0.2, 0) is 4.79 Å². The number of rotatable bonds is 5. The van der Waals surface area contributed by atoms with Crippen LogP contribution in [0.1, 0.15) is 12.8 Å². The molecular weight excluding hydrogens is 182 g/mol. The summed E-state index contributed by atoms with van der Waals surface area (Å²) in [5.41, 5.74) is 0. The number of carbonyl (C=O) groups is 1. The molecule has 2 nitrogen and oxygen atoms in total. The van der Waals surface area contributed by atoms with Crippen molar-refractivity contribution in [3.8, 4) is 12.3 Å². The van der Waals surface area contributed by atoms with Gasteiger partial charge in [0.25, 0.3) is 0 Å². The van der Waals surface area contributed by atoms with Crippen LogP contribution in [-0.4, -0.2) is 35.9 Å². The Balaban J connectivity index is 2.35. The van der Waals surface area contributed by atoms with Crippen molar-refractivity contribution in [2.24, 2.45) is 5.92 Å². The molecule has 0 unspecified atom stereocenters. The molecule has 13 heavy (non-hydrogen) atoms. The fraction of sp³-hybridized carbons (Fsp3) is 0.700. The van der Waals surface area contributed by atoms with Gasteiger partial charge in [-0.2, -0.15) is 11.8 Å². The molecule has 0 atom stereocenters. The molecule has 0 radical (unpaired) electrons. The van der Waals surface area contributed by atoms with E-state index >= 15 is 0 Å². The van der Waals surface area contributed by atoms with E-state index in [0.29, 0.717) is 12.3 Å². The van der Waals surface area contributed by atoms with Crippen LogP contribution in [0.3, 0.4) is 0 Å². The molecule has 1 saturated carbocycles. The van der Waals surface area contributed by atoms with E-state index in [4.69, 9.17) is 6.42 Å². The maximum atomic E-state index is 11.5. The van der Waals surface area contributed by atoms with Crippen molar-refractivity contribution >= 4 is 17.7 Å². The molecule has 0 bridgehead atoms. The first-order valence-corrected chi connectivity index (χ1v) is 5.87. The summed E-state index contributed by atoms with van der Waals surface area (Å²) in [6.07, 6.45) is 9.66. The number of terminal acetylenes is 1. The molecule has 72 valence electrons. The average molecular weight is 197 g/mol. The molecule has 1 aliphatic carbocycles. The van der Waals surface area contributed by atoms with E-state index in [9.17, 15) is 4.79 Å². The highest BCUT2D eigenvalue weighted by Crippen LogP contribution is 2.29. The second-order valence-corrected chi connectivity index (χ2v) is 4.22. The number of hydrogen-bond acceptors (Lipinski definition) is 2. The zero-order valence-electron chi connectivity index (χ0n) is 7.95. The van der Waals surface area contributed by atoms with Crippen LogP contribution < -0.4 is 0 Å². The standard InChI is InChI=1S/C10H15NOS/c1-3-6-11(7-9-4-5-9)10(12)8-13-2/h1,9H,4-8H2,2H3. The predicted octanol–water partition coefficient (Wildman–Crippen LogP) is 1.22. The summed E-state index contributed by atoms with van der Waals surface area (Å²) in [4.78, 5) is 13.3. The van der Waals surface area contributed by atoms with Crippen LogP contribution in [0.5, 0.6) is 0 Å². The molecule has 1 amide bonds. The minimum atomic E-state index is 0.178. The van der Waals surface area contributed by atoms with Crippen LogP contribution in [0.15, 0.2) is 0 Å². The van der Waals surface area contributed by atoms with Gasteiger partial charge in [-0.15, -0.1) is 6.42 Å². The molecule has 3 heteroatoms. The summed E-state index contributed by atoms with van der Waals surface area (Å²) in [6, 6.07) is 0. The van der Waals surface area contributed by atoms with E-state index in [1.807, 2.05) is 6.26 Å². The van der Waals surface area contributed by atoms with Gasteiger partial charge in [-0.05, 0) is 25.0 Å². The second kappa shape index (κ2) is 5.18. The van der Waals surface area contributed by atoms with E-state index < -0.39 is 0 Å². The van der Waals surface area contributed by atoms with E-state index in [1.54, 1.807) is 16.7 Å². The quantitative estimate of drug-likeness (QED) is 0.618. The Hall–Kier alpha value is -0.620. The number of thioether (sulfide) groups is 1. The fourth-order valence-corrected chi connectivity index (χ4v) is 1.62. The van der Waals surface area contributed by atoms with Gasteiger partial charge in [0.2, 0.25) is 5.91 Å². The maximum absolute atomic E-state index is 11.5. The van der Waals surface area contributed by atoms with Gasteiger partial charge in [0, 0.05) is 6.54 Å². The lowest BCUT2D eigenvalue weighted by molar-refractivity contribution is -0.127. The van der Waals surface area contributed by atoms with Crippen molar-refractivity contribution in [1.29, 1.82) is 0 Å². The monoisotopic (exact) mass is 197 g/mol. The van der Waals surface area contributed by atoms with Crippen molar-refractivity contribution in [3.63, 3.8) is 0 Å². The first-order valence-electron chi connectivity index (χ1n) is 4.48. The Morgan fingerprint density at radius 1 is 1.69 bits per heavy atom. The smallest absolute Gasteiger partial charge is 0.233 e. The zero-order valence-corrected chi connectivity index (χ0v) is 8.77. The van der Waals surface area contributed by atoms with Crippen LogP contribution in [0.2, 0.25) is 0 Å². The minimum absolute atomic E-state index is 0.178. The Kier molecular flexibility index (Phi) is 4.17. The molecule has 0 N–H and O–H groups in total. The number of amides is 1. The molecule has 0 aromatic carbocycles. The molecular formula is C10H15NOS. The van der Waals surface area contributed by atoms with Crippen molar-refractivity contribution in [2.45, 2.75) is 12.8 Å². The Morgan fingerprint density at radius 2 is 2.38 bits per heavy atom. The van der Waals surface area contributed by atoms with Gasteiger partial charge in [-0.1, -0.05) is 5.92 Å². The SMILES string of the molecule is C#CCN(CC1CC1)C(=O)CSC. The summed E-state index contributed by atoms with van der Waals surface area (Å²) < 4.78 is 0. The number of hydrogen-bond donors (Lipinski definition) is 0. The van der Waals surface area contributed by atoms with Gasteiger partial charge in [0.15, 0.2) is 0 Å². The predicted molar refractivity (Wildman–Crippen MR) is 56.5 cm³/mol. The zero-order chi connectivity index (χ0) is 9.68. The van der Waals surface area contributed by atoms with Crippen molar-refractivity contribution in [2.75, 3.05) is 25.1 Å². The van der Waals surface area contributed by atoms with Crippen LogP contribution in [0, 0.1) is 18.3 Å². The first kappa shape index (κ1) is 10.5. The third kappa shape index (κ3) is 3.73. The molecule has 0 spiro atoms. The van der Waals surface area contributed by atoms with Gasteiger partial charge >= 0.3 is 0 Å². The Labute approximate surface area is 84.1 Å². The van der Waals surface area contributed by atoms with Crippen molar-refractivity contribution in [3.05, 3.63) is 0 Å². The lowest BCUT2D eigenvalue weighted by Gasteiger charge is -2.19. The molecule has 0 aromatic heterocycles. The van der Waals surface area contributed by atoms with Crippen LogP contribution in [0.25, 0.3) is 0 Å². The summed E-state index contributed by atoms with van der Waals surface area (Å²) in [6.45, 7) is 1.33. The average Bonchev–Trinajstić information content (AvgIpc) is 2.88. The number of carbonyl (C=O) groups excluding carboxylic acids is 1. The number of nitrogens with zero attached hydrogens (tertiary/aromatic N) is 1. The van der Waals surface area contributed by atoms with Crippen molar-refractivity contribution < 1.29 is 4.79 Å². The molecule has 1 aliphatic rings. The van der Waals surface area contributed by atoms with Gasteiger partial charge in [-0.3, -0.25) is 4.79 Å². The highest BCUT2D eigenvalue weighted by Gasteiger charge is 2.25. The lowest BCUT2D eigenvalue weighted by atomic mass is 10.3. The Morgan fingerprint density at radius 3 is 2.85 bits per heavy atom. The summed E-state index contributed by atoms with van der Waals surface area (Å²) in [5.74, 6) is 3.99. The molecule has 0 heterocycles. The largest absolute Gasteiger partial charge is 0.331 e. The fourth-order valence-electron chi connectivity index (χ4n) is 1.19. The van der Waals surface area contributed by atoms with Gasteiger partial charge in [0.1, 0.15) is 0 Å². The normalized spacial score (nSPS) is 15.1. The topological polar surface area (TPSA) is 20.3 Å².